The van der Waals surface area contributed by atoms with Crippen LogP contribution in [0.3, 0.4) is 0 Å². The molecule has 2 rings (SSSR count). The molecule has 1 aromatic rings. The summed E-state index contributed by atoms with van der Waals surface area (Å²) >= 11 is 6.38. The van der Waals surface area contributed by atoms with Crippen molar-refractivity contribution in [3.05, 3.63) is 28.8 Å². The van der Waals surface area contributed by atoms with Crippen molar-refractivity contribution in [2.45, 2.75) is 32.4 Å². The van der Waals surface area contributed by atoms with Crippen LogP contribution < -0.4 is 10.2 Å². The Hall–Kier alpha value is -0.780. The Bertz CT molecular complexity index is 604. The quantitative estimate of drug-likeness (QED) is 0.901. The molecule has 0 radical (unpaired) electrons. The summed E-state index contributed by atoms with van der Waals surface area (Å²) in [4.78, 5) is 2.03. The van der Waals surface area contributed by atoms with Gasteiger partial charge in [-0.2, -0.15) is 0 Å². The third-order valence-corrected chi connectivity index (χ3v) is 6.20. The molecule has 118 valence electrons. The van der Waals surface area contributed by atoms with Crippen LogP contribution in [0.25, 0.3) is 0 Å². The molecule has 1 aromatic carbocycles. The van der Waals surface area contributed by atoms with Crippen LogP contribution in [-0.4, -0.2) is 39.6 Å². The average Bonchev–Trinajstić information content (AvgIpc) is 2.78. The molecule has 1 aliphatic heterocycles. The lowest BCUT2D eigenvalue weighted by molar-refractivity contribution is 0.598. The maximum absolute atomic E-state index is 11.6. The van der Waals surface area contributed by atoms with E-state index in [2.05, 4.69) is 19.2 Å². The van der Waals surface area contributed by atoms with Gasteiger partial charge < -0.3 is 10.2 Å². The van der Waals surface area contributed by atoms with Crippen LogP contribution in [-0.2, 0) is 9.84 Å². The lowest BCUT2D eigenvalue weighted by Crippen LogP contribution is -2.32. The second-order valence-electron chi connectivity index (χ2n) is 5.65. The number of halogens is 1. The van der Waals surface area contributed by atoms with Gasteiger partial charge in [-0.15, -0.1) is 0 Å². The number of hydrogen-bond donors (Lipinski definition) is 1. The summed E-state index contributed by atoms with van der Waals surface area (Å²) in [5.41, 5.74) is 2.03. The molecule has 2 unspecified atom stereocenters. The largest absolute Gasteiger partial charge is 0.371 e. The zero-order chi connectivity index (χ0) is 15.6. The van der Waals surface area contributed by atoms with Gasteiger partial charge in [0.1, 0.15) is 0 Å². The van der Waals surface area contributed by atoms with Gasteiger partial charge in [0.05, 0.1) is 11.5 Å². The van der Waals surface area contributed by atoms with Gasteiger partial charge in [-0.3, -0.25) is 0 Å². The van der Waals surface area contributed by atoms with E-state index >= 15 is 0 Å². The molecule has 4 nitrogen and oxygen atoms in total. The predicted octanol–water partition coefficient (Wildman–Crippen LogP) is 2.63. The van der Waals surface area contributed by atoms with E-state index < -0.39 is 9.84 Å². The molecular formula is C15H23ClN2O2S. The maximum Gasteiger partial charge on any atom is 0.152 e. The summed E-state index contributed by atoms with van der Waals surface area (Å²) in [6.07, 6.45) is 0.687. The molecule has 21 heavy (non-hydrogen) atoms. The molecule has 0 aliphatic carbocycles. The molecule has 6 heteroatoms. The molecule has 0 spiro atoms. The number of benzene rings is 1. The zero-order valence-corrected chi connectivity index (χ0v) is 14.3. The Labute approximate surface area is 132 Å². The van der Waals surface area contributed by atoms with E-state index in [9.17, 15) is 8.42 Å². The summed E-state index contributed by atoms with van der Waals surface area (Å²) < 4.78 is 23.2. The van der Waals surface area contributed by atoms with Crippen molar-refractivity contribution in [2.75, 3.05) is 30.0 Å². The fourth-order valence-electron chi connectivity index (χ4n) is 2.79. The van der Waals surface area contributed by atoms with Crippen molar-refractivity contribution < 1.29 is 8.42 Å². The first-order valence-corrected chi connectivity index (χ1v) is 9.50. The zero-order valence-electron chi connectivity index (χ0n) is 12.8. The average molecular weight is 331 g/mol. The van der Waals surface area contributed by atoms with Crippen molar-refractivity contribution in [1.82, 2.24) is 5.32 Å². The third-order valence-electron chi connectivity index (χ3n) is 4.12. The lowest BCUT2D eigenvalue weighted by Gasteiger charge is -2.26. The van der Waals surface area contributed by atoms with Crippen LogP contribution in [0.15, 0.2) is 18.2 Å². The summed E-state index contributed by atoms with van der Waals surface area (Å²) in [5, 5.41) is 4.06. The Balaban J connectivity index is 2.16. The minimum atomic E-state index is -2.87. The first-order chi connectivity index (χ1) is 9.84. The van der Waals surface area contributed by atoms with Crippen LogP contribution in [0.4, 0.5) is 5.69 Å². The Morgan fingerprint density at radius 1 is 1.48 bits per heavy atom. The molecule has 1 aliphatic rings. The van der Waals surface area contributed by atoms with E-state index in [1.165, 1.54) is 0 Å². The summed E-state index contributed by atoms with van der Waals surface area (Å²) in [7, 11) is -0.937. The molecule has 1 N–H and O–H groups in total. The van der Waals surface area contributed by atoms with E-state index in [1.54, 1.807) is 0 Å². The highest BCUT2D eigenvalue weighted by Gasteiger charge is 2.31. The number of hydrogen-bond acceptors (Lipinski definition) is 4. The van der Waals surface area contributed by atoms with Gasteiger partial charge in [-0.1, -0.05) is 24.6 Å². The van der Waals surface area contributed by atoms with Crippen LogP contribution >= 0.6 is 11.6 Å². The number of anilines is 1. The fraction of sp³-hybridized carbons (Fsp3) is 0.600. The Morgan fingerprint density at radius 2 is 2.19 bits per heavy atom. The summed E-state index contributed by atoms with van der Waals surface area (Å²) in [5.74, 6) is 0.516. The van der Waals surface area contributed by atoms with Crippen molar-refractivity contribution in [3.63, 3.8) is 0 Å². The standard InChI is InChI=1S/C15H23ClN2O2S/c1-4-17-11(2)14-6-5-12(9-15(14)16)18(3)13-7-8-21(19,20)10-13/h5-6,9,11,13,17H,4,7-8,10H2,1-3H3. The van der Waals surface area contributed by atoms with E-state index in [0.717, 1.165) is 17.8 Å². The molecule has 0 amide bonds. The molecule has 0 saturated carbocycles. The van der Waals surface area contributed by atoms with Gasteiger partial charge >= 0.3 is 0 Å². The monoisotopic (exact) mass is 330 g/mol. The third kappa shape index (κ3) is 3.90. The summed E-state index contributed by atoms with van der Waals surface area (Å²) in [6.45, 7) is 5.03. The molecule has 1 saturated heterocycles. The van der Waals surface area contributed by atoms with Crippen LogP contribution in [0.5, 0.6) is 0 Å². The molecule has 1 fully saturated rings. The van der Waals surface area contributed by atoms with Gasteiger partial charge in [0.15, 0.2) is 9.84 Å². The van der Waals surface area contributed by atoms with Crippen molar-refractivity contribution >= 4 is 27.1 Å². The normalized spacial score (nSPS) is 22.2. The molecule has 1 heterocycles. The van der Waals surface area contributed by atoms with Gasteiger partial charge in [0, 0.05) is 29.8 Å². The van der Waals surface area contributed by atoms with Crippen LogP contribution in [0.1, 0.15) is 31.9 Å². The topological polar surface area (TPSA) is 49.4 Å². The number of nitrogens with one attached hydrogen (secondary N) is 1. The van der Waals surface area contributed by atoms with Crippen molar-refractivity contribution in [1.29, 1.82) is 0 Å². The minimum absolute atomic E-state index is 0.0445. The highest BCUT2D eigenvalue weighted by molar-refractivity contribution is 7.91. The van der Waals surface area contributed by atoms with Crippen LogP contribution in [0.2, 0.25) is 5.02 Å². The van der Waals surface area contributed by atoms with Gasteiger partial charge in [0.25, 0.3) is 0 Å². The van der Waals surface area contributed by atoms with Crippen molar-refractivity contribution in [3.8, 4) is 0 Å². The van der Waals surface area contributed by atoms with Crippen molar-refractivity contribution in [2.24, 2.45) is 0 Å². The van der Waals surface area contributed by atoms with Gasteiger partial charge in [0.2, 0.25) is 0 Å². The van der Waals surface area contributed by atoms with E-state index in [-0.39, 0.29) is 23.6 Å². The second-order valence-corrected chi connectivity index (χ2v) is 8.29. The first-order valence-electron chi connectivity index (χ1n) is 7.30. The predicted molar refractivity (Wildman–Crippen MR) is 89.0 cm³/mol. The molecule has 2 atom stereocenters. The Morgan fingerprint density at radius 3 is 2.71 bits per heavy atom. The first kappa shape index (κ1) is 16.6. The fourth-order valence-corrected chi connectivity index (χ4v) is 4.91. The van der Waals surface area contributed by atoms with E-state index in [1.807, 2.05) is 30.1 Å². The maximum atomic E-state index is 11.6. The minimum Gasteiger partial charge on any atom is -0.371 e. The van der Waals surface area contributed by atoms with E-state index in [4.69, 9.17) is 11.6 Å². The molecule has 0 aromatic heterocycles. The summed E-state index contributed by atoms with van der Waals surface area (Å²) in [6, 6.07) is 6.21. The number of rotatable bonds is 5. The number of nitrogens with zero attached hydrogens (tertiary/aromatic N) is 1. The smallest absolute Gasteiger partial charge is 0.152 e. The molecule has 0 bridgehead atoms. The molecular weight excluding hydrogens is 308 g/mol. The van der Waals surface area contributed by atoms with Gasteiger partial charge in [-0.05, 0) is 37.6 Å². The second kappa shape index (κ2) is 6.55. The van der Waals surface area contributed by atoms with Gasteiger partial charge in [-0.25, -0.2) is 8.42 Å². The van der Waals surface area contributed by atoms with E-state index in [0.29, 0.717) is 11.4 Å². The lowest BCUT2D eigenvalue weighted by atomic mass is 10.1. The van der Waals surface area contributed by atoms with Crippen LogP contribution in [0, 0.1) is 0 Å². The number of sulfone groups is 1. The SMILES string of the molecule is CCNC(C)c1ccc(N(C)C2CCS(=O)(=O)C2)cc1Cl. The highest BCUT2D eigenvalue weighted by atomic mass is 35.5. The highest BCUT2D eigenvalue weighted by Crippen LogP contribution is 2.30. The Kier molecular flexibility index (Phi) is 5.17.